The van der Waals surface area contributed by atoms with Gasteiger partial charge in [-0.15, -0.1) is 0 Å². The second-order valence-electron chi connectivity index (χ2n) is 6.64. The maximum absolute atomic E-state index is 12.7. The first kappa shape index (κ1) is 20.6. The highest BCUT2D eigenvalue weighted by atomic mass is 16.5. The first-order valence-electron chi connectivity index (χ1n) is 9.47. The largest absolute Gasteiger partial charge is 0.496 e. The van der Waals surface area contributed by atoms with E-state index in [0.29, 0.717) is 30.3 Å². The number of nitrogens with zero attached hydrogens (tertiary/aromatic N) is 2. The summed E-state index contributed by atoms with van der Waals surface area (Å²) in [5.41, 5.74) is 7.99. The summed E-state index contributed by atoms with van der Waals surface area (Å²) in [7, 11) is 1.56. The van der Waals surface area contributed by atoms with Crippen molar-refractivity contribution < 1.29 is 23.7 Å². The molecule has 2 aliphatic rings. The number of ether oxygens (including phenoxy) is 4. The highest BCUT2D eigenvalue weighted by molar-refractivity contribution is 5.93. The van der Waals surface area contributed by atoms with Crippen LogP contribution in [0.25, 0.3) is 0 Å². The Hall–Kier alpha value is -3.18. The molecule has 2 heterocycles. The maximum atomic E-state index is 12.7. The van der Waals surface area contributed by atoms with Gasteiger partial charge in [0.15, 0.2) is 0 Å². The van der Waals surface area contributed by atoms with E-state index in [1.807, 2.05) is 18.2 Å². The molecule has 0 spiro atoms. The summed E-state index contributed by atoms with van der Waals surface area (Å²) in [5.74, 6) is -0.446. The third-order valence-corrected chi connectivity index (χ3v) is 5.01. The van der Waals surface area contributed by atoms with Gasteiger partial charge in [0, 0.05) is 30.4 Å². The van der Waals surface area contributed by atoms with Crippen molar-refractivity contribution in [2.75, 3.05) is 44.9 Å². The molecule has 0 aromatic heterocycles. The number of allylic oxidation sites excluding steroid dienone is 2. The quantitative estimate of drug-likeness (QED) is 0.751. The standard InChI is InChI=1S/C21H25N3O5/c1-4-28-21(25)18-13(2)29-20(23)16(12-22)19(18)15-6-5-14(11-17(15)26-3)24-7-9-27-10-8-24/h5-6,11,19H,4,7-10,23H2,1-3H3. The van der Waals surface area contributed by atoms with E-state index in [1.165, 1.54) is 0 Å². The Balaban J connectivity index is 2.09. The van der Waals surface area contributed by atoms with Crippen LogP contribution in [0.4, 0.5) is 5.69 Å². The van der Waals surface area contributed by atoms with Gasteiger partial charge in [0.25, 0.3) is 0 Å². The highest BCUT2D eigenvalue weighted by Gasteiger charge is 2.38. The van der Waals surface area contributed by atoms with E-state index in [4.69, 9.17) is 24.7 Å². The molecule has 0 radical (unpaired) electrons. The van der Waals surface area contributed by atoms with E-state index < -0.39 is 11.9 Å². The van der Waals surface area contributed by atoms with Gasteiger partial charge in [0.05, 0.1) is 38.4 Å². The molecular weight excluding hydrogens is 374 g/mol. The number of hydrogen-bond acceptors (Lipinski definition) is 8. The second-order valence-corrected chi connectivity index (χ2v) is 6.64. The van der Waals surface area contributed by atoms with Crippen molar-refractivity contribution in [1.29, 1.82) is 5.26 Å². The molecular formula is C21H25N3O5. The first-order valence-corrected chi connectivity index (χ1v) is 9.47. The van der Waals surface area contributed by atoms with Crippen molar-refractivity contribution in [3.05, 3.63) is 46.6 Å². The maximum Gasteiger partial charge on any atom is 0.338 e. The van der Waals surface area contributed by atoms with E-state index in [2.05, 4.69) is 11.0 Å². The van der Waals surface area contributed by atoms with Crippen molar-refractivity contribution >= 4 is 11.7 Å². The van der Waals surface area contributed by atoms with E-state index >= 15 is 0 Å². The third-order valence-electron chi connectivity index (χ3n) is 5.01. The molecule has 8 nitrogen and oxygen atoms in total. The third kappa shape index (κ3) is 4.00. The summed E-state index contributed by atoms with van der Waals surface area (Å²) in [6.45, 7) is 6.45. The van der Waals surface area contributed by atoms with Crippen molar-refractivity contribution in [2.24, 2.45) is 5.73 Å². The first-order chi connectivity index (χ1) is 14.0. The van der Waals surface area contributed by atoms with Gasteiger partial charge in [-0.25, -0.2) is 4.79 Å². The fourth-order valence-electron chi connectivity index (χ4n) is 3.62. The summed E-state index contributed by atoms with van der Waals surface area (Å²) < 4.78 is 21.7. The fraction of sp³-hybridized carbons (Fsp3) is 0.429. The molecule has 2 N–H and O–H groups in total. The lowest BCUT2D eigenvalue weighted by Crippen LogP contribution is -2.36. The molecule has 1 atom stereocenters. The molecule has 1 unspecified atom stereocenters. The van der Waals surface area contributed by atoms with Crippen molar-refractivity contribution in [1.82, 2.24) is 0 Å². The van der Waals surface area contributed by atoms with Crippen LogP contribution in [0.5, 0.6) is 5.75 Å². The van der Waals surface area contributed by atoms with E-state index in [-0.39, 0.29) is 23.6 Å². The lowest BCUT2D eigenvalue weighted by Gasteiger charge is -2.31. The number of esters is 1. The number of nitrogens with two attached hydrogens (primary N) is 1. The van der Waals surface area contributed by atoms with Crippen molar-refractivity contribution in [2.45, 2.75) is 19.8 Å². The fourth-order valence-corrected chi connectivity index (χ4v) is 3.62. The smallest absolute Gasteiger partial charge is 0.338 e. The Morgan fingerprint density at radius 3 is 2.72 bits per heavy atom. The van der Waals surface area contributed by atoms with Crippen LogP contribution >= 0.6 is 0 Å². The predicted octanol–water partition coefficient (Wildman–Crippen LogP) is 2.18. The zero-order valence-electron chi connectivity index (χ0n) is 16.9. The number of anilines is 1. The minimum Gasteiger partial charge on any atom is -0.496 e. The number of methoxy groups -OCH3 is 1. The van der Waals surface area contributed by atoms with Gasteiger partial charge < -0.3 is 29.6 Å². The highest BCUT2D eigenvalue weighted by Crippen LogP contribution is 2.44. The molecule has 154 valence electrons. The minimum absolute atomic E-state index is 0.0256. The number of carbonyl (C=O) groups excluding carboxylic acids is 1. The molecule has 3 rings (SSSR count). The van der Waals surface area contributed by atoms with Crippen LogP contribution in [0.2, 0.25) is 0 Å². The number of morpholine rings is 1. The summed E-state index contributed by atoms with van der Waals surface area (Å²) >= 11 is 0. The molecule has 1 fully saturated rings. The molecule has 1 aromatic carbocycles. The monoisotopic (exact) mass is 399 g/mol. The number of hydrogen-bond donors (Lipinski definition) is 1. The van der Waals surface area contributed by atoms with Gasteiger partial charge in [0.1, 0.15) is 23.2 Å². The van der Waals surface area contributed by atoms with Gasteiger partial charge in [-0.3, -0.25) is 0 Å². The number of benzene rings is 1. The Bertz CT molecular complexity index is 894. The molecule has 0 amide bonds. The molecule has 2 aliphatic heterocycles. The van der Waals surface area contributed by atoms with Crippen molar-refractivity contribution in [3.8, 4) is 11.8 Å². The van der Waals surface area contributed by atoms with E-state index in [9.17, 15) is 10.1 Å². The predicted molar refractivity (Wildman–Crippen MR) is 106 cm³/mol. The van der Waals surface area contributed by atoms with Crippen molar-refractivity contribution in [3.63, 3.8) is 0 Å². The number of rotatable bonds is 5. The molecule has 0 saturated carbocycles. The van der Waals surface area contributed by atoms with Gasteiger partial charge in [0.2, 0.25) is 5.88 Å². The van der Waals surface area contributed by atoms with Gasteiger partial charge in [-0.05, 0) is 19.9 Å². The van der Waals surface area contributed by atoms with Crippen LogP contribution in [0, 0.1) is 11.3 Å². The van der Waals surface area contributed by atoms with Crippen LogP contribution in [0.1, 0.15) is 25.3 Å². The summed E-state index contributed by atoms with van der Waals surface area (Å²) in [4.78, 5) is 14.9. The lowest BCUT2D eigenvalue weighted by atomic mass is 9.82. The molecule has 1 aromatic rings. The molecule has 8 heteroatoms. The lowest BCUT2D eigenvalue weighted by molar-refractivity contribution is -0.139. The van der Waals surface area contributed by atoms with E-state index in [1.54, 1.807) is 21.0 Å². The molecule has 0 bridgehead atoms. The summed E-state index contributed by atoms with van der Waals surface area (Å²) in [5, 5.41) is 9.73. The molecule has 29 heavy (non-hydrogen) atoms. The Kier molecular flexibility index (Phi) is 6.29. The second kappa shape index (κ2) is 8.88. The minimum atomic E-state index is -0.735. The zero-order valence-corrected chi connectivity index (χ0v) is 16.9. The van der Waals surface area contributed by atoms with E-state index in [0.717, 1.165) is 18.8 Å². The van der Waals surface area contributed by atoms with Crippen LogP contribution in [0.3, 0.4) is 0 Å². The number of nitriles is 1. The summed E-state index contributed by atoms with van der Waals surface area (Å²) in [6.07, 6.45) is 0. The SMILES string of the molecule is CCOC(=O)C1=C(C)OC(N)=C(C#N)C1c1ccc(N2CCOCC2)cc1OC. The number of carbonyl (C=O) groups is 1. The Morgan fingerprint density at radius 1 is 1.38 bits per heavy atom. The Morgan fingerprint density at radius 2 is 2.10 bits per heavy atom. The van der Waals surface area contributed by atoms with Gasteiger partial charge in [-0.1, -0.05) is 6.07 Å². The zero-order chi connectivity index (χ0) is 21.0. The molecule has 0 aliphatic carbocycles. The van der Waals surface area contributed by atoms with Crippen LogP contribution in [-0.4, -0.2) is 46.0 Å². The Labute approximate surface area is 170 Å². The van der Waals surface area contributed by atoms with Crippen LogP contribution in [0.15, 0.2) is 41.0 Å². The molecule has 1 saturated heterocycles. The van der Waals surface area contributed by atoms with Crippen LogP contribution < -0.4 is 15.4 Å². The average Bonchev–Trinajstić information content (AvgIpc) is 2.73. The summed E-state index contributed by atoms with van der Waals surface area (Å²) in [6, 6.07) is 7.79. The van der Waals surface area contributed by atoms with Gasteiger partial charge >= 0.3 is 5.97 Å². The normalized spacial score (nSPS) is 19.5. The van der Waals surface area contributed by atoms with Crippen LogP contribution in [-0.2, 0) is 19.0 Å². The van der Waals surface area contributed by atoms with Gasteiger partial charge in [-0.2, -0.15) is 5.26 Å². The topological polar surface area (TPSA) is 107 Å². The average molecular weight is 399 g/mol.